The third-order valence-corrected chi connectivity index (χ3v) is 2.92. The molecule has 0 bridgehead atoms. The number of ketones is 1. The molecule has 0 aliphatic heterocycles. The van der Waals surface area contributed by atoms with Gasteiger partial charge in [-0.15, -0.1) is 0 Å². The molecule has 1 aromatic heterocycles. The summed E-state index contributed by atoms with van der Waals surface area (Å²) in [6, 6.07) is 0. The van der Waals surface area contributed by atoms with Gasteiger partial charge < -0.3 is 4.98 Å². The zero-order valence-electron chi connectivity index (χ0n) is 8.18. The van der Waals surface area contributed by atoms with Crippen molar-refractivity contribution in [3.63, 3.8) is 0 Å². The highest BCUT2D eigenvalue weighted by Crippen LogP contribution is 2.30. The van der Waals surface area contributed by atoms with Crippen LogP contribution in [0.3, 0.4) is 0 Å². The van der Waals surface area contributed by atoms with Crippen LogP contribution in [-0.2, 0) is 6.42 Å². The molecule has 2 rings (SSSR count). The number of hydrogen-bond acceptors (Lipinski definition) is 1. The van der Waals surface area contributed by atoms with Gasteiger partial charge >= 0.3 is 0 Å². The number of Topliss-reactive ketones (excluding diaryl/α,β-unsaturated/α-hetero) is 1. The van der Waals surface area contributed by atoms with Gasteiger partial charge in [-0.2, -0.15) is 0 Å². The second-order valence-electron chi connectivity index (χ2n) is 3.88. The Morgan fingerprint density at radius 1 is 1.62 bits per heavy atom. The third kappa shape index (κ3) is 1.21. The van der Waals surface area contributed by atoms with E-state index in [1.165, 1.54) is 11.1 Å². The summed E-state index contributed by atoms with van der Waals surface area (Å²) >= 11 is 0. The van der Waals surface area contributed by atoms with Crippen LogP contribution in [0.15, 0.2) is 6.20 Å². The van der Waals surface area contributed by atoms with E-state index in [0.717, 1.165) is 25.0 Å². The van der Waals surface area contributed by atoms with E-state index in [-0.39, 0.29) is 5.92 Å². The fourth-order valence-corrected chi connectivity index (χ4v) is 2.16. The Hall–Kier alpha value is -1.05. The van der Waals surface area contributed by atoms with Gasteiger partial charge in [0.1, 0.15) is 0 Å². The average molecular weight is 177 g/mol. The fourth-order valence-electron chi connectivity index (χ4n) is 2.16. The predicted molar refractivity (Wildman–Crippen MR) is 52.0 cm³/mol. The van der Waals surface area contributed by atoms with Crippen LogP contribution >= 0.6 is 0 Å². The molecular weight excluding hydrogens is 162 g/mol. The molecule has 1 aliphatic rings. The number of aryl methyl sites for hydroxylation is 1. The Bertz CT molecular complexity index is 338. The normalized spacial score (nSPS) is 20.8. The number of carbonyl (C=O) groups is 1. The number of hydrogen-bond donors (Lipinski definition) is 1. The minimum absolute atomic E-state index is 0.256. The number of H-pyrrole nitrogens is 1. The van der Waals surface area contributed by atoms with E-state index in [1.807, 2.05) is 6.20 Å². The topological polar surface area (TPSA) is 32.9 Å². The second-order valence-corrected chi connectivity index (χ2v) is 3.88. The van der Waals surface area contributed by atoms with Crippen molar-refractivity contribution in [2.45, 2.75) is 33.1 Å². The predicted octanol–water partition coefficient (Wildman–Crippen LogP) is 2.48. The van der Waals surface area contributed by atoms with Crippen molar-refractivity contribution in [2.24, 2.45) is 5.92 Å². The standard InChI is InChI=1S/C11H15NO/c1-3-4-8-5-9-7(2)6-12-10(9)11(8)13/h6,8,12H,3-5H2,1-2H3. The lowest BCUT2D eigenvalue weighted by Gasteiger charge is -2.04. The van der Waals surface area contributed by atoms with Gasteiger partial charge in [0.2, 0.25) is 0 Å². The van der Waals surface area contributed by atoms with Crippen LogP contribution in [0.2, 0.25) is 0 Å². The molecule has 1 unspecified atom stereocenters. The van der Waals surface area contributed by atoms with E-state index in [2.05, 4.69) is 18.8 Å². The van der Waals surface area contributed by atoms with Crippen LogP contribution in [0.5, 0.6) is 0 Å². The van der Waals surface area contributed by atoms with Gasteiger partial charge in [0.05, 0.1) is 5.69 Å². The highest BCUT2D eigenvalue weighted by molar-refractivity contribution is 6.01. The molecule has 1 aliphatic carbocycles. The zero-order chi connectivity index (χ0) is 9.42. The van der Waals surface area contributed by atoms with Crippen LogP contribution in [0.1, 0.15) is 41.4 Å². The quantitative estimate of drug-likeness (QED) is 0.739. The summed E-state index contributed by atoms with van der Waals surface area (Å²) in [5.74, 6) is 0.580. The Morgan fingerprint density at radius 2 is 2.38 bits per heavy atom. The van der Waals surface area contributed by atoms with Crippen LogP contribution in [0.4, 0.5) is 0 Å². The van der Waals surface area contributed by atoms with Gasteiger partial charge in [-0.05, 0) is 30.9 Å². The van der Waals surface area contributed by atoms with Crippen molar-refractivity contribution in [2.75, 3.05) is 0 Å². The molecule has 1 N–H and O–H groups in total. The molecule has 1 atom stereocenters. The van der Waals surface area contributed by atoms with Crippen molar-refractivity contribution >= 4 is 5.78 Å². The van der Waals surface area contributed by atoms with E-state index in [0.29, 0.717) is 5.78 Å². The first-order valence-electron chi connectivity index (χ1n) is 4.95. The molecule has 70 valence electrons. The Balaban J connectivity index is 2.28. The lowest BCUT2D eigenvalue weighted by Crippen LogP contribution is -2.09. The average Bonchev–Trinajstić information content (AvgIpc) is 2.59. The molecule has 1 aromatic rings. The lowest BCUT2D eigenvalue weighted by molar-refractivity contribution is 0.0926. The van der Waals surface area contributed by atoms with E-state index in [9.17, 15) is 4.79 Å². The molecule has 2 nitrogen and oxygen atoms in total. The molecule has 0 saturated heterocycles. The number of nitrogens with one attached hydrogen (secondary N) is 1. The summed E-state index contributed by atoms with van der Waals surface area (Å²) in [4.78, 5) is 14.8. The molecule has 0 spiro atoms. The number of aromatic amines is 1. The number of fused-ring (bicyclic) bond motifs is 1. The Labute approximate surface area is 78.4 Å². The first-order chi connectivity index (χ1) is 6.24. The molecule has 0 radical (unpaired) electrons. The third-order valence-electron chi connectivity index (χ3n) is 2.92. The van der Waals surface area contributed by atoms with Gasteiger partial charge in [0.15, 0.2) is 5.78 Å². The van der Waals surface area contributed by atoms with Crippen molar-refractivity contribution in [1.82, 2.24) is 4.98 Å². The molecule has 0 amide bonds. The van der Waals surface area contributed by atoms with Gasteiger partial charge in [0, 0.05) is 12.1 Å². The maximum atomic E-state index is 11.8. The number of rotatable bonds is 2. The van der Waals surface area contributed by atoms with E-state index in [4.69, 9.17) is 0 Å². The molecule has 13 heavy (non-hydrogen) atoms. The van der Waals surface area contributed by atoms with Crippen molar-refractivity contribution in [3.8, 4) is 0 Å². The summed E-state index contributed by atoms with van der Waals surface area (Å²) in [6.07, 6.45) is 5.02. The summed E-state index contributed by atoms with van der Waals surface area (Å²) in [5.41, 5.74) is 3.36. The molecule has 0 aromatic carbocycles. The monoisotopic (exact) mass is 177 g/mol. The highest BCUT2D eigenvalue weighted by atomic mass is 16.1. The van der Waals surface area contributed by atoms with Gasteiger partial charge in [-0.25, -0.2) is 0 Å². The first kappa shape index (κ1) is 8.54. The number of carbonyl (C=O) groups excluding carboxylic acids is 1. The Kier molecular flexibility index (Phi) is 1.98. The maximum absolute atomic E-state index is 11.8. The van der Waals surface area contributed by atoms with Crippen molar-refractivity contribution < 1.29 is 4.79 Å². The smallest absolute Gasteiger partial charge is 0.182 e. The van der Waals surface area contributed by atoms with E-state index in [1.54, 1.807) is 0 Å². The molecule has 2 heteroatoms. The Morgan fingerprint density at radius 3 is 3.00 bits per heavy atom. The summed E-state index contributed by atoms with van der Waals surface area (Å²) < 4.78 is 0. The first-order valence-corrected chi connectivity index (χ1v) is 4.95. The second kappa shape index (κ2) is 3.02. The summed E-state index contributed by atoms with van der Waals surface area (Å²) in [7, 11) is 0. The van der Waals surface area contributed by atoms with Crippen LogP contribution in [0.25, 0.3) is 0 Å². The highest BCUT2D eigenvalue weighted by Gasteiger charge is 2.31. The zero-order valence-corrected chi connectivity index (χ0v) is 8.18. The van der Waals surface area contributed by atoms with Gasteiger partial charge in [-0.3, -0.25) is 4.79 Å². The minimum atomic E-state index is 0.256. The fraction of sp³-hybridized carbons (Fsp3) is 0.545. The van der Waals surface area contributed by atoms with Crippen LogP contribution < -0.4 is 0 Å². The van der Waals surface area contributed by atoms with E-state index >= 15 is 0 Å². The van der Waals surface area contributed by atoms with Crippen LogP contribution in [0, 0.1) is 12.8 Å². The van der Waals surface area contributed by atoms with Gasteiger partial charge in [0.25, 0.3) is 0 Å². The summed E-state index contributed by atoms with van der Waals surface area (Å²) in [6.45, 7) is 4.20. The molecule has 0 saturated carbocycles. The summed E-state index contributed by atoms with van der Waals surface area (Å²) in [5, 5.41) is 0. The molecular formula is C11H15NO. The maximum Gasteiger partial charge on any atom is 0.182 e. The van der Waals surface area contributed by atoms with Crippen molar-refractivity contribution in [3.05, 3.63) is 23.0 Å². The van der Waals surface area contributed by atoms with Crippen molar-refractivity contribution in [1.29, 1.82) is 0 Å². The van der Waals surface area contributed by atoms with Gasteiger partial charge in [-0.1, -0.05) is 13.3 Å². The minimum Gasteiger partial charge on any atom is -0.358 e. The molecule has 0 fully saturated rings. The number of aromatic nitrogens is 1. The van der Waals surface area contributed by atoms with E-state index < -0.39 is 0 Å². The SMILES string of the molecule is CCCC1Cc2c(C)c[nH]c2C1=O. The largest absolute Gasteiger partial charge is 0.358 e. The van der Waals surface area contributed by atoms with Crippen LogP contribution in [-0.4, -0.2) is 10.8 Å². The lowest BCUT2D eigenvalue weighted by atomic mass is 9.99. The molecule has 1 heterocycles.